The lowest BCUT2D eigenvalue weighted by atomic mass is 10.1. The summed E-state index contributed by atoms with van der Waals surface area (Å²) in [6, 6.07) is 15.6. The zero-order chi connectivity index (χ0) is 16.5. The number of fused-ring (bicyclic) bond motifs is 1. The average molecular weight is 384 g/mol. The van der Waals surface area contributed by atoms with Crippen molar-refractivity contribution in [1.82, 2.24) is 0 Å². The van der Waals surface area contributed by atoms with Gasteiger partial charge in [-0.2, -0.15) is 0 Å². The fourth-order valence-corrected chi connectivity index (χ4v) is 3.18. The molecule has 1 aromatic heterocycles. The summed E-state index contributed by atoms with van der Waals surface area (Å²) in [6.07, 6.45) is 1.70. The Kier molecular flexibility index (Phi) is 3.86. The molecular weight excluding hydrogens is 370 g/mol. The van der Waals surface area contributed by atoms with Crippen molar-refractivity contribution < 1.29 is 13.9 Å². The molecule has 0 fully saturated rings. The average Bonchev–Trinajstić information content (AvgIpc) is 3.21. The van der Waals surface area contributed by atoms with Gasteiger partial charge in [0.1, 0.15) is 11.5 Å². The van der Waals surface area contributed by atoms with Crippen LogP contribution in [0.15, 0.2) is 62.4 Å². The molecule has 24 heavy (non-hydrogen) atoms. The molecule has 3 aromatic rings. The number of hydrogen-bond donors (Lipinski definition) is 0. The van der Waals surface area contributed by atoms with Gasteiger partial charge in [0.15, 0.2) is 11.5 Å². The Morgan fingerprint density at radius 1 is 1.00 bits per heavy atom. The Labute approximate surface area is 147 Å². The smallest absolute Gasteiger partial charge is 0.231 e. The molecule has 0 spiro atoms. The van der Waals surface area contributed by atoms with Gasteiger partial charge in [0.2, 0.25) is 6.79 Å². The molecule has 4 nitrogen and oxygen atoms in total. The van der Waals surface area contributed by atoms with Crippen LogP contribution in [-0.2, 0) is 0 Å². The highest BCUT2D eigenvalue weighted by molar-refractivity contribution is 9.10. The Morgan fingerprint density at radius 2 is 1.88 bits per heavy atom. The first-order valence-electron chi connectivity index (χ1n) is 7.49. The van der Waals surface area contributed by atoms with E-state index in [2.05, 4.69) is 40.0 Å². The summed E-state index contributed by atoms with van der Waals surface area (Å²) < 4.78 is 17.5. The molecule has 120 valence electrons. The number of aliphatic imine (C=N–C) groups is 1. The predicted molar refractivity (Wildman–Crippen MR) is 96.4 cm³/mol. The van der Waals surface area contributed by atoms with Crippen LogP contribution in [0.3, 0.4) is 0 Å². The molecule has 0 N–H and O–H groups in total. The summed E-state index contributed by atoms with van der Waals surface area (Å²) >= 11 is 3.58. The Bertz CT molecular complexity index is 930. The molecule has 2 heterocycles. The molecule has 2 aromatic carbocycles. The minimum Gasteiger partial charge on any atom is -0.455 e. The van der Waals surface area contributed by atoms with Gasteiger partial charge in [0.05, 0.1) is 11.9 Å². The van der Waals surface area contributed by atoms with Gasteiger partial charge in [-0.25, -0.2) is 0 Å². The van der Waals surface area contributed by atoms with E-state index in [-0.39, 0.29) is 6.79 Å². The Hall–Kier alpha value is -2.53. The van der Waals surface area contributed by atoms with Gasteiger partial charge in [0.25, 0.3) is 0 Å². The third kappa shape index (κ3) is 2.95. The number of hydrogen-bond acceptors (Lipinski definition) is 4. The molecule has 0 unspecified atom stereocenters. The topological polar surface area (TPSA) is 44.0 Å². The highest BCUT2D eigenvalue weighted by Crippen LogP contribution is 2.35. The third-order valence-corrected chi connectivity index (χ3v) is 4.37. The maximum absolute atomic E-state index is 5.87. The van der Waals surface area contributed by atoms with Crippen molar-refractivity contribution >= 4 is 27.8 Å². The van der Waals surface area contributed by atoms with E-state index in [4.69, 9.17) is 13.9 Å². The SMILES string of the molecule is Cc1ccc(-c2ccc(C=Nc3ccc4c(c3)OCO4)o2)c(Br)c1. The number of ether oxygens (including phenoxy) is 2. The molecule has 0 atom stereocenters. The van der Waals surface area contributed by atoms with Crippen molar-refractivity contribution in [2.75, 3.05) is 6.79 Å². The van der Waals surface area contributed by atoms with Crippen LogP contribution in [-0.4, -0.2) is 13.0 Å². The van der Waals surface area contributed by atoms with Crippen molar-refractivity contribution in [2.24, 2.45) is 4.99 Å². The molecule has 5 heteroatoms. The first-order chi connectivity index (χ1) is 11.7. The van der Waals surface area contributed by atoms with Crippen molar-refractivity contribution in [2.45, 2.75) is 6.92 Å². The van der Waals surface area contributed by atoms with Gasteiger partial charge in [0, 0.05) is 16.1 Å². The van der Waals surface area contributed by atoms with Crippen molar-refractivity contribution in [3.63, 3.8) is 0 Å². The number of furan rings is 1. The van der Waals surface area contributed by atoms with Crippen LogP contribution in [0.2, 0.25) is 0 Å². The largest absolute Gasteiger partial charge is 0.455 e. The molecule has 0 aliphatic carbocycles. The second-order valence-electron chi connectivity index (χ2n) is 5.48. The second kappa shape index (κ2) is 6.17. The monoisotopic (exact) mass is 383 g/mol. The minimum absolute atomic E-state index is 0.259. The zero-order valence-electron chi connectivity index (χ0n) is 13.0. The van der Waals surface area contributed by atoms with Gasteiger partial charge in [-0.15, -0.1) is 0 Å². The number of benzene rings is 2. The number of aryl methyl sites for hydroxylation is 1. The maximum Gasteiger partial charge on any atom is 0.231 e. The van der Waals surface area contributed by atoms with E-state index in [1.807, 2.05) is 36.4 Å². The second-order valence-corrected chi connectivity index (χ2v) is 6.34. The molecule has 0 bridgehead atoms. The van der Waals surface area contributed by atoms with Crippen LogP contribution in [0, 0.1) is 6.92 Å². The van der Waals surface area contributed by atoms with Gasteiger partial charge in [-0.05, 0) is 48.9 Å². The third-order valence-electron chi connectivity index (χ3n) is 3.71. The van der Waals surface area contributed by atoms with Gasteiger partial charge in [-0.3, -0.25) is 4.99 Å². The zero-order valence-corrected chi connectivity index (χ0v) is 14.5. The number of rotatable bonds is 3. The van der Waals surface area contributed by atoms with Gasteiger partial charge >= 0.3 is 0 Å². The van der Waals surface area contributed by atoms with Crippen LogP contribution in [0.5, 0.6) is 11.5 Å². The fraction of sp³-hybridized carbons (Fsp3) is 0.105. The van der Waals surface area contributed by atoms with Crippen LogP contribution in [0.25, 0.3) is 11.3 Å². The summed E-state index contributed by atoms with van der Waals surface area (Å²) in [5.74, 6) is 2.95. The van der Waals surface area contributed by atoms with E-state index in [1.165, 1.54) is 5.56 Å². The van der Waals surface area contributed by atoms with Crippen molar-refractivity contribution in [3.8, 4) is 22.8 Å². The molecule has 1 aliphatic heterocycles. The molecule has 0 saturated heterocycles. The van der Waals surface area contributed by atoms with Crippen LogP contribution in [0.1, 0.15) is 11.3 Å². The normalized spacial score (nSPS) is 12.9. The Balaban J connectivity index is 1.57. The lowest BCUT2D eigenvalue weighted by molar-refractivity contribution is 0.174. The standard InChI is InChI=1S/C19H14BrNO3/c1-12-2-5-15(16(20)8-12)17-7-4-14(24-17)10-21-13-3-6-18-19(9-13)23-11-22-18/h2-10H,11H2,1H3. The van der Waals surface area contributed by atoms with Gasteiger partial charge < -0.3 is 13.9 Å². The minimum atomic E-state index is 0.259. The molecule has 4 rings (SSSR count). The lowest BCUT2D eigenvalue weighted by Crippen LogP contribution is -1.92. The quantitative estimate of drug-likeness (QED) is 0.561. The first-order valence-corrected chi connectivity index (χ1v) is 8.28. The molecule has 0 radical (unpaired) electrons. The number of halogens is 1. The molecule has 0 amide bonds. The first kappa shape index (κ1) is 15.0. The summed E-state index contributed by atoms with van der Waals surface area (Å²) in [5, 5.41) is 0. The van der Waals surface area contributed by atoms with Crippen LogP contribution < -0.4 is 9.47 Å². The lowest BCUT2D eigenvalue weighted by Gasteiger charge is -2.02. The van der Waals surface area contributed by atoms with E-state index in [9.17, 15) is 0 Å². The van der Waals surface area contributed by atoms with E-state index in [0.29, 0.717) is 11.5 Å². The van der Waals surface area contributed by atoms with E-state index >= 15 is 0 Å². The summed E-state index contributed by atoms with van der Waals surface area (Å²) in [7, 11) is 0. The van der Waals surface area contributed by atoms with Crippen LogP contribution >= 0.6 is 15.9 Å². The maximum atomic E-state index is 5.87. The molecular formula is C19H14BrNO3. The summed E-state index contributed by atoms with van der Waals surface area (Å²) in [5.41, 5.74) is 3.00. The Morgan fingerprint density at radius 3 is 2.75 bits per heavy atom. The highest BCUT2D eigenvalue weighted by atomic mass is 79.9. The number of nitrogens with zero attached hydrogens (tertiary/aromatic N) is 1. The summed E-state index contributed by atoms with van der Waals surface area (Å²) in [4.78, 5) is 4.43. The highest BCUT2D eigenvalue weighted by Gasteiger charge is 2.13. The van der Waals surface area contributed by atoms with Crippen molar-refractivity contribution in [1.29, 1.82) is 0 Å². The predicted octanol–water partition coefficient (Wildman–Crippen LogP) is 5.50. The van der Waals surface area contributed by atoms with E-state index in [0.717, 1.165) is 27.2 Å². The van der Waals surface area contributed by atoms with E-state index in [1.54, 1.807) is 6.21 Å². The van der Waals surface area contributed by atoms with Crippen molar-refractivity contribution in [3.05, 3.63) is 64.3 Å². The molecule has 0 saturated carbocycles. The van der Waals surface area contributed by atoms with Crippen LogP contribution in [0.4, 0.5) is 5.69 Å². The summed E-state index contributed by atoms with van der Waals surface area (Å²) in [6.45, 7) is 2.32. The molecule has 1 aliphatic rings. The van der Waals surface area contributed by atoms with Gasteiger partial charge in [-0.1, -0.05) is 22.0 Å². The fourth-order valence-electron chi connectivity index (χ4n) is 2.49. The van der Waals surface area contributed by atoms with E-state index < -0.39 is 0 Å².